The molecule has 2 nitrogen and oxygen atoms in total. The topological polar surface area (TPSA) is 24.9 Å². The van der Waals surface area contributed by atoms with E-state index in [1.54, 1.807) is 0 Å². The maximum Gasteiger partial charge on any atom is 0.0900 e. The maximum absolute atomic E-state index is 4.67. The third-order valence-corrected chi connectivity index (χ3v) is 4.99. The molecule has 102 valence electrons. The minimum atomic E-state index is 0.397. The van der Waals surface area contributed by atoms with E-state index in [1.807, 2.05) is 11.3 Å². The van der Waals surface area contributed by atoms with Crippen molar-refractivity contribution in [2.75, 3.05) is 0 Å². The highest BCUT2D eigenvalue weighted by Gasteiger charge is 2.20. The molecule has 2 rings (SSSR count). The molecular formula is C15H26N2S. The van der Waals surface area contributed by atoms with Gasteiger partial charge in [0.05, 0.1) is 10.7 Å². The molecule has 0 amide bonds. The quantitative estimate of drug-likeness (QED) is 0.821. The van der Waals surface area contributed by atoms with Crippen LogP contribution < -0.4 is 5.32 Å². The van der Waals surface area contributed by atoms with Gasteiger partial charge in [0, 0.05) is 17.0 Å². The first-order valence-electron chi connectivity index (χ1n) is 7.26. The molecule has 1 N–H and O–H groups in total. The van der Waals surface area contributed by atoms with Gasteiger partial charge in [-0.05, 0) is 46.0 Å². The Bertz CT molecular complexity index is 386. The molecule has 18 heavy (non-hydrogen) atoms. The van der Waals surface area contributed by atoms with Gasteiger partial charge >= 0.3 is 0 Å². The van der Waals surface area contributed by atoms with Crippen molar-refractivity contribution in [3.05, 3.63) is 15.6 Å². The third kappa shape index (κ3) is 3.55. The number of hydrogen-bond acceptors (Lipinski definition) is 3. The molecule has 1 aromatic heterocycles. The lowest BCUT2D eigenvalue weighted by Gasteiger charge is -2.21. The highest BCUT2D eigenvalue weighted by atomic mass is 32.1. The van der Waals surface area contributed by atoms with Gasteiger partial charge in [-0.3, -0.25) is 0 Å². The predicted octanol–water partition coefficient (Wildman–Crippen LogP) is 4.38. The molecule has 0 aromatic carbocycles. The van der Waals surface area contributed by atoms with E-state index >= 15 is 0 Å². The van der Waals surface area contributed by atoms with Gasteiger partial charge in [-0.25, -0.2) is 4.98 Å². The Hall–Kier alpha value is -0.410. The Balaban J connectivity index is 1.94. The molecule has 0 spiro atoms. The lowest BCUT2D eigenvalue weighted by atomic mass is 10.0. The van der Waals surface area contributed by atoms with Crippen LogP contribution in [-0.2, 0) is 0 Å². The average molecular weight is 266 g/mol. The van der Waals surface area contributed by atoms with E-state index in [9.17, 15) is 0 Å². The number of rotatable bonds is 3. The summed E-state index contributed by atoms with van der Waals surface area (Å²) in [5.41, 5.74) is 1.26. The van der Waals surface area contributed by atoms with Gasteiger partial charge in [-0.2, -0.15) is 0 Å². The minimum Gasteiger partial charge on any atom is -0.306 e. The molecule has 0 radical (unpaired) electrons. The monoisotopic (exact) mass is 266 g/mol. The van der Waals surface area contributed by atoms with Crippen molar-refractivity contribution in [1.82, 2.24) is 10.3 Å². The van der Waals surface area contributed by atoms with Crippen LogP contribution in [0.3, 0.4) is 0 Å². The van der Waals surface area contributed by atoms with E-state index in [4.69, 9.17) is 0 Å². The smallest absolute Gasteiger partial charge is 0.0900 e. The van der Waals surface area contributed by atoms with Crippen LogP contribution in [0.2, 0.25) is 0 Å². The molecule has 3 atom stereocenters. The number of aromatic nitrogens is 1. The van der Waals surface area contributed by atoms with E-state index in [-0.39, 0.29) is 0 Å². The van der Waals surface area contributed by atoms with Crippen molar-refractivity contribution < 1.29 is 0 Å². The van der Waals surface area contributed by atoms with Gasteiger partial charge in [0.15, 0.2) is 0 Å². The van der Waals surface area contributed by atoms with Crippen molar-refractivity contribution in [2.45, 2.75) is 71.9 Å². The Morgan fingerprint density at radius 1 is 1.22 bits per heavy atom. The van der Waals surface area contributed by atoms with Gasteiger partial charge in [0.1, 0.15) is 0 Å². The van der Waals surface area contributed by atoms with Crippen molar-refractivity contribution >= 4 is 11.3 Å². The molecule has 1 heterocycles. The molecule has 1 aliphatic rings. The molecule has 1 saturated carbocycles. The predicted molar refractivity (Wildman–Crippen MR) is 79.2 cm³/mol. The number of hydrogen-bond donors (Lipinski definition) is 1. The van der Waals surface area contributed by atoms with Crippen LogP contribution in [0.4, 0.5) is 0 Å². The van der Waals surface area contributed by atoms with E-state index < -0.39 is 0 Å². The normalized spacial score (nSPS) is 26.9. The zero-order valence-electron chi connectivity index (χ0n) is 12.1. The molecule has 3 unspecified atom stereocenters. The summed E-state index contributed by atoms with van der Waals surface area (Å²) in [6, 6.07) is 1.08. The fraction of sp³-hybridized carbons (Fsp3) is 0.800. The fourth-order valence-corrected chi connectivity index (χ4v) is 3.95. The first-order valence-corrected chi connectivity index (χ1v) is 8.08. The second kappa shape index (κ2) is 6.16. The Labute approximate surface area is 115 Å². The van der Waals surface area contributed by atoms with Crippen LogP contribution in [0, 0.1) is 19.8 Å². The Kier molecular flexibility index (Phi) is 4.79. The number of thiazole rings is 1. The Morgan fingerprint density at radius 2 is 2.00 bits per heavy atom. The lowest BCUT2D eigenvalue weighted by Crippen LogP contribution is -2.31. The van der Waals surface area contributed by atoms with Gasteiger partial charge in [-0.1, -0.05) is 19.8 Å². The van der Waals surface area contributed by atoms with Gasteiger partial charge in [0.2, 0.25) is 0 Å². The zero-order chi connectivity index (χ0) is 13.1. The summed E-state index contributed by atoms with van der Waals surface area (Å²) in [5.74, 6) is 0.912. The van der Waals surface area contributed by atoms with Crippen LogP contribution in [-0.4, -0.2) is 11.0 Å². The van der Waals surface area contributed by atoms with Crippen LogP contribution in [0.1, 0.15) is 67.6 Å². The molecular weight excluding hydrogens is 240 g/mol. The van der Waals surface area contributed by atoms with Crippen LogP contribution in [0.15, 0.2) is 0 Å². The first-order chi connectivity index (χ1) is 8.56. The van der Waals surface area contributed by atoms with E-state index in [1.165, 1.54) is 47.7 Å². The van der Waals surface area contributed by atoms with E-state index in [0.717, 1.165) is 5.92 Å². The van der Waals surface area contributed by atoms with Gasteiger partial charge < -0.3 is 5.32 Å². The summed E-state index contributed by atoms with van der Waals surface area (Å²) in [6.07, 6.45) is 6.81. The van der Waals surface area contributed by atoms with Crippen molar-refractivity contribution in [2.24, 2.45) is 5.92 Å². The lowest BCUT2D eigenvalue weighted by molar-refractivity contribution is 0.404. The summed E-state index contributed by atoms with van der Waals surface area (Å²) in [7, 11) is 0. The van der Waals surface area contributed by atoms with Crippen molar-refractivity contribution in [3.8, 4) is 0 Å². The molecule has 0 bridgehead atoms. The van der Waals surface area contributed by atoms with Crippen LogP contribution in [0.25, 0.3) is 0 Å². The maximum atomic E-state index is 4.67. The number of nitrogens with zero attached hydrogens (tertiary/aromatic N) is 1. The van der Waals surface area contributed by atoms with Gasteiger partial charge in [-0.15, -0.1) is 11.3 Å². The summed E-state index contributed by atoms with van der Waals surface area (Å²) in [6.45, 7) is 8.93. The van der Waals surface area contributed by atoms with Crippen molar-refractivity contribution in [1.29, 1.82) is 0 Å². The Morgan fingerprint density at radius 3 is 2.67 bits per heavy atom. The first kappa shape index (κ1) is 14.0. The van der Waals surface area contributed by atoms with Crippen LogP contribution in [0.5, 0.6) is 0 Å². The highest BCUT2D eigenvalue weighted by Crippen LogP contribution is 2.26. The summed E-state index contributed by atoms with van der Waals surface area (Å²) < 4.78 is 0. The average Bonchev–Trinajstić information content (AvgIpc) is 2.51. The molecule has 0 saturated heterocycles. The SMILES string of the molecule is Cc1nc(C(C)NC2CCCC(C)CC2)c(C)s1. The largest absolute Gasteiger partial charge is 0.306 e. The molecule has 0 aliphatic heterocycles. The van der Waals surface area contributed by atoms with Crippen molar-refractivity contribution in [3.63, 3.8) is 0 Å². The molecule has 1 aliphatic carbocycles. The summed E-state index contributed by atoms with van der Waals surface area (Å²) in [4.78, 5) is 6.04. The number of nitrogens with one attached hydrogen (secondary N) is 1. The molecule has 1 fully saturated rings. The third-order valence-electron chi connectivity index (χ3n) is 4.09. The number of aryl methyl sites for hydroxylation is 2. The van der Waals surface area contributed by atoms with E-state index in [0.29, 0.717) is 12.1 Å². The minimum absolute atomic E-state index is 0.397. The standard InChI is InChI=1S/C15H26N2S/c1-10-6-5-7-14(9-8-10)16-11(2)15-12(3)18-13(4)17-15/h10-11,14,16H,5-9H2,1-4H3. The summed E-state index contributed by atoms with van der Waals surface area (Å²) in [5, 5.41) is 4.98. The zero-order valence-corrected chi connectivity index (χ0v) is 12.9. The second-order valence-electron chi connectivity index (χ2n) is 5.87. The molecule has 3 heteroatoms. The van der Waals surface area contributed by atoms with Crippen LogP contribution >= 0.6 is 11.3 Å². The molecule has 1 aromatic rings. The highest BCUT2D eigenvalue weighted by molar-refractivity contribution is 7.11. The van der Waals surface area contributed by atoms with Gasteiger partial charge in [0.25, 0.3) is 0 Å². The fourth-order valence-electron chi connectivity index (χ4n) is 3.03. The van der Waals surface area contributed by atoms with E-state index in [2.05, 4.69) is 38.0 Å². The summed E-state index contributed by atoms with van der Waals surface area (Å²) >= 11 is 1.81. The second-order valence-corrected chi connectivity index (χ2v) is 7.28.